The van der Waals surface area contributed by atoms with Crippen molar-refractivity contribution in [3.8, 4) is 5.75 Å². The summed E-state index contributed by atoms with van der Waals surface area (Å²) in [6.07, 6.45) is 4.49. The highest BCUT2D eigenvalue weighted by molar-refractivity contribution is 14.0. The lowest BCUT2D eigenvalue weighted by molar-refractivity contribution is -0.160. The third kappa shape index (κ3) is 5.72. The maximum Gasteiger partial charge on any atom is 0.193 e. The van der Waals surface area contributed by atoms with Gasteiger partial charge in [-0.3, -0.25) is 4.99 Å². The maximum atomic E-state index is 6.03. The first-order valence-corrected chi connectivity index (χ1v) is 8.70. The smallest absolute Gasteiger partial charge is 0.193 e. The van der Waals surface area contributed by atoms with Crippen LogP contribution in [-0.4, -0.2) is 37.1 Å². The normalized spacial score (nSPS) is 22.2. The van der Waals surface area contributed by atoms with Gasteiger partial charge in [-0.1, -0.05) is 0 Å². The molecule has 3 rings (SSSR count). The molecule has 1 saturated heterocycles. The molecule has 1 atom stereocenters. The minimum Gasteiger partial charge on any atom is -0.491 e. The molecule has 1 aromatic rings. The summed E-state index contributed by atoms with van der Waals surface area (Å²) in [6, 6.07) is 7.66. The van der Waals surface area contributed by atoms with E-state index in [1.807, 2.05) is 38.1 Å². The van der Waals surface area contributed by atoms with Gasteiger partial charge in [-0.05, 0) is 51.0 Å². The Bertz CT molecular complexity index is 571. The predicted molar refractivity (Wildman–Crippen MR) is 110 cm³/mol. The molecule has 0 radical (unpaired) electrons. The molecule has 1 aliphatic carbocycles. The van der Waals surface area contributed by atoms with E-state index >= 15 is 0 Å². The van der Waals surface area contributed by atoms with Crippen molar-refractivity contribution >= 4 is 35.6 Å². The summed E-state index contributed by atoms with van der Waals surface area (Å²) in [7, 11) is 0. The third-order valence-electron chi connectivity index (χ3n) is 4.24. The van der Waals surface area contributed by atoms with E-state index in [0.29, 0.717) is 19.1 Å². The average molecular weight is 461 g/mol. The van der Waals surface area contributed by atoms with Gasteiger partial charge >= 0.3 is 0 Å². The number of hydrogen-bond acceptors (Lipinski definition) is 4. The van der Waals surface area contributed by atoms with Gasteiger partial charge in [0.1, 0.15) is 11.9 Å². The third-order valence-corrected chi connectivity index (χ3v) is 4.24. The van der Waals surface area contributed by atoms with Gasteiger partial charge in [0, 0.05) is 18.5 Å². The molecule has 7 heteroatoms. The summed E-state index contributed by atoms with van der Waals surface area (Å²) in [5.74, 6) is 0.877. The second-order valence-electron chi connectivity index (χ2n) is 6.71. The number of benzene rings is 1. The van der Waals surface area contributed by atoms with Crippen LogP contribution in [0.3, 0.4) is 0 Å². The number of rotatable bonds is 5. The lowest BCUT2D eigenvalue weighted by Crippen LogP contribution is -2.28. The van der Waals surface area contributed by atoms with Crippen LogP contribution in [0.15, 0.2) is 29.3 Å². The van der Waals surface area contributed by atoms with Crippen LogP contribution >= 0.6 is 24.0 Å². The summed E-state index contributed by atoms with van der Waals surface area (Å²) in [5, 5.41) is 3.08. The van der Waals surface area contributed by atoms with E-state index in [1.165, 1.54) is 12.8 Å². The summed E-state index contributed by atoms with van der Waals surface area (Å²) in [6.45, 7) is 5.11. The topological polar surface area (TPSA) is 78.1 Å². The Morgan fingerprint density at radius 3 is 2.64 bits per heavy atom. The minimum absolute atomic E-state index is 0. The molecule has 1 saturated carbocycles. The van der Waals surface area contributed by atoms with Crippen LogP contribution in [0.1, 0.15) is 39.5 Å². The van der Waals surface area contributed by atoms with Crippen LogP contribution in [0, 0.1) is 0 Å². The van der Waals surface area contributed by atoms with Gasteiger partial charge in [-0.2, -0.15) is 0 Å². The Labute approximate surface area is 166 Å². The number of guanidine groups is 1. The van der Waals surface area contributed by atoms with Crippen LogP contribution in [0.25, 0.3) is 0 Å². The van der Waals surface area contributed by atoms with E-state index in [0.717, 1.165) is 24.3 Å². The zero-order valence-electron chi connectivity index (χ0n) is 14.9. The van der Waals surface area contributed by atoms with Crippen LogP contribution < -0.4 is 15.8 Å². The summed E-state index contributed by atoms with van der Waals surface area (Å²) >= 11 is 0. The number of nitrogens with zero attached hydrogens (tertiary/aromatic N) is 1. The Balaban J connectivity index is 0.00000225. The fourth-order valence-corrected chi connectivity index (χ4v) is 3.16. The second kappa shape index (κ2) is 9.05. The lowest BCUT2D eigenvalue weighted by Gasteiger charge is -2.21. The van der Waals surface area contributed by atoms with Crippen molar-refractivity contribution in [2.24, 2.45) is 10.7 Å². The monoisotopic (exact) mass is 461 g/mol. The standard InChI is InChI=1S/C18H27N3O3.HI/c1-13(2)23-15-7-5-14(6-8-15)21-17(19)20-11-16-12-22-18(24-16)9-3-4-10-18;/h5-8,13,16H,3-4,9-12H2,1-2H3,(H3,19,20,21);1H. The Morgan fingerprint density at radius 1 is 1.32 bits per heavy atom. The molecule has 1 spiro atoms. The van der Waals surface area contributed by atoms with Crippen molar-refractivity contribution in [1.29, 1.82) is 0 Å². The van der Waals surface area contributed by atoms with Crippen molar-refractivity contribution in [2.75, 3.05) is 18.5 Å². The first-order valence-electron chi connectivity index (χ1n) is 8.70. The molecule has 0 bridgehead atoms. The summed E-state index contributed by atoms with van der Waals surface area (Å²) in [5.41, 5.74) is 6.84. The Morgan fingerprint density at radius 2 is 2.00 bits per heavy atom. The number of nitrogens with two attached hydrogens (primary N) is 1. The van der Waals surface area contributed by atoms with Crippen LogP contribution in [0.2, 0.25) is 0 Å². The average Bonchev–Trinajstić information content (AvgIpc) is 3.17. The van der Waals surface area contributed by atoms with Crippen molar-refractivity contribution in [3.63, 3.8) is 0 Å². The predicted octanol–water partition coefficient (Wildman–Crippen LogP) is 3.50. The quantitative estimate of drug-likeness (QED) is 0.399. The van der Waals surface area contributed by atoms with Gasteiger partial charge in [-0.15, -0.1) is 24.0 Å². The zero-order chi connectivity index (χ0) is 17.0. The number of ether oxygens (including phenoxy) is 3. The van der Waals surface area contributed by atoms with Gasteiger partial charge in [0.25, 0.3) is 0 Å². The minimum atomic E-state index is -0.339. The highest BCUT2D eigenvalue weighted by Crippen LogP contribution is 2.39. The molecule has 1 aromatic carbocycles. The molecular weight excluding hydrogens is 433 g/mol. The molecule has 3 N–H and O–H groups in total. The molecule has 1 heterocycles. The van der Waals surface area contributed by atoms with E-state index in [2.05, 4.69) is 10.3 Å². The van der Waals surface area contributed by atoms with E-state index in [-0.39, 0.29) is 42.0 Å². The van der Waals surface area contributed by atoms with Crippen molar-refractivity contribution in [2.45, 2.75) is 57.5 Å². The van der Waals surface area contributed by atoms with Crippen LogP contribution in [0.4, 0.5) is 5.69 Å². The highest BCUT2D eigenvalue weighted by atomic mass is 127. The molecular formula is C18H28IN3O3. The van der Waals surface area contributed by atoms with Crippen molar-refractivity contribution < 1.29 is 14.2 Å². The van der Waals surface area contributed by atoms with Gasteiger partial charge in [0.05, 0.1) is 19.3 Å². The highest BCUT2D eigenvalue weighted by Gasteiger charge is 2.43. The van der Waals surface area contributed by atoms with E-state index < -0.39 is 0 Å². The first kappa shape index (κ1) is 20.3. The lowest BCUT2D eigenvalue weighted by atomic mass is 10.2. The number of nitrogens with one attached hydrogen (secondary N) is 1. The molecule has 6 nitrogen and oxygen atoms in total. The Kier molecular flexibility index (Phi) is 7.33. The zero-order valence-corrected chi connectivity index (χ0v) is 17.2. The number of halogens is 1. The van der Waals surface area contributed by atoms with Crippen molar-refractivity contribution in [1.82, 2.24) is 0 Å². The van der Waals surface area contributed by atoms with Gasteiger partial charge in [-0.25, -0.2) is 0 Å². The maximum absolute atomic E-state index is 6.03. The molecule has 1 unspecified atom stereocenters. The largest absolute Gasteiger partial charge is 0.491 e. The first-order chi connectivity index (χ1) is 11.5. The molecule has 1 aliphatic heterocycles. The SMILES string of the molecule is CC(C)Oc1ccc(NC(N)=NCC2COC3(CCCC3)O2)cc1.I. The fourth-order valence-electron chi connectivity index (χ4n) is 3.16. The van der Waals surface area contributed by atoms with E-state index in [4.69, 9.17) is 19.9 Å². The fraction of sp³-hybridized carbons (Fsp3) is 0.611. The van der Waals surface area contributed by atoms with Crippen LogP contribution in [-0.2, 0) is 9.47 Å². The molecule has 2 fully saturated rings. The molecule has 25 heavy (non-hydrogen) atoms. The van der Waals surface area contributed by atoms with Gasteiger partial charge < -0.3 is 25.3 Å². The van der Waals surface area contributed by atoms with E-state index in [9.17, 15) is 0 Å². The number of aliphatic imine (C=N–C) groups is 1. The summed E-state index contributed by atoms with van der Waals surface area (Å²) in [4.78, 5) is 4.37. The summed E-state index contributed by atoms with van der Waals surface area (Å²) < 4.78 is 17.5. The van der Waals surface area contributed by atoms with Crippen LogP contribution in [0.5, 0.6) is 5.75 Å². The van der Waals surface area contributed by atoms with Gasteiger partial charge in [0.15, 0.2) is 11.7 Å². The van der Waals surface area contributed by atoms with Crippen molar-refractivity contribution in [3.05, 3.63) is 24.3 Å². The van der Waals surface area contributed by atoms with Gasteiger partial charge in [0.2, 0.25) is 0 Å². The molecule has 0 aromatic heterocycles. The van der Waals surface area contributed by atoms with E-state index in [1.54, 1.807) is 0 Å². The molecule has 2 aliphatic rings. The molecule has 0 amide bonds. The number of anilines is 1. The Hall–Kier alpha value is -1.06. The molecule has 140 valence electrons. The second-order valence-corrected chi connectivity index (χ2v) is 6.71. The number of hydrogen-bond donors (Lipinski definition) is 2.